The van der Waals surface area contributed by atoms with Gasteiger partial charge in [0, 0.05) is 34.6 Å². The molecule has 2 atom stereocenters. The number of benzene rings is 2. The molecule has 34 heavy (non-hydrogen) atoms. The molecule has 6 rings (SSSR count). The number of rotatable bonds is 4. The van der Waals surface area contributed by atoms with Crippen LogP contribution < -0.4 is 9.47 Å². The van der Waals surface area contributed by atoms with Crippen molar-refractivity contribution >= 4 is 22.7 Å². The molecule has 7 nitrogen and oxygen atoms in total. The Morgan fingerprint density at radius 3 is 2.53 bits per heavy atom. The minimum atomic E-state index is -0.533. The normalized spacial score (nSPS) is 22.8. The Kier molecular flexibility index (Phi) is 5.01. The molecule has 2 aromatic carbocycles. The number of nitrogens with zero attached hydrogens (tertiary/aromatic N) is 2. The van der Waals surface area contributed by atoms with E-state index in [2.05, 4.69) is 11.1 Å². The fraction of sp³-hybridized carbons (Fsp3) is 0.407. The van der Waals surface area contributed by atoms with Crippen LogP contribution in [0.2, 0.25) is 0 Å². The lowest BCUT2D eigenvalue weighted by Crippen LogP contribution is -2.64. The van der Waals surface area contributed by atoms with Gasteiger partial charge in [-0.3, -0.25) is 9.59 Å². The van der Waals surface area contributed by atoms with Crippen LogP contribution in [-0.2, 0) is 16.0 Å². The van der Waals surface area contributed by atoms with Crippen LogP contribution in [0.3, 0.4) is 0 Å². The second-order valence-electron chi connectivity index (χ2n) is 9.47. The van der Waals surface area contributed by atoms with E-state index in [4.69, 9.17) is 9.47 Å². The molecule has 1 aromatic heterocycles. The smallest absolute Gasteiger partial charge is 0.246 e. The molecule has 2 unspecified atom stereocenters. The molecule has 0 spiro atoms. The summed E-state index contributed by atoms with van der Waals surface area (Å²) in [5.41, 5.74) is 3.86. The van der Waals surface area contributed by atoms with Crippen molar-refractivity contribution in [3.63, 3.8) is 0 Å². The third-order valence-corrected chi connectivity index (χ3v) is 7.79. The first-order valence-electron chi connectivity index (χ1n) is 12.0. The van der Waals surface area contributed by atoms with E-state index in [1.807, 2.05) is 41.3 Å². The molecule has 3 heterocycles. The number of aromatic amines is 1. The Hall–Kier alpha value is -3.48. The number of methoxy groups -OCH3 is 2. The van der Waals surface area contributed by atoms with Crippen molar-refractivity contribution in [3.8, 4) is 11.5 Å². The largest absolute Gasteiger partial charge is 0.493 e. The number of nitrogens with one attached hydrogen (secondary N) is 1. The summed E-state index contributed by atoms with van der Waals surface area (Å²) in [5.74, 6) is 1.23. The molecule has 0 bridgehead atoms. The summed E-state index contributed by atoms with van der Waals surface area (Å²) in [4.78, 5) is 34.9. The maximum absolute atomic E-state index is 13.9. The average molecular weight is 460 g/mol. The molecule has 1 aliphatic carbocycles. The fourth-order valence-corrected chi connectivity index (χ4v) is 6.26. The van der Waals surface area contributed by atoms with Gasteiger partial charge < -0.3 is 24.3 Å². The molecule has 1 saturated carbocycles. The summed E-state index contributed by atoms with van der Waals surface area (Å²) in [6.45, 7) is 0.137. The monoisotopic (exact) mass is 459 g/mol. The van der Waals surface area contributed by atoms with Gasteiger partial charge in [-0.25, -0.2) is 0 Å². The zero-order valence-electron chi connectivity index (χ0n) is 19.5. The third-order valence-electron chi connectivity index (χ3n) is 7.79. The first kappa shape index (κ1) is 21.1. The standard InChI is InChI=1S/C27H29N3O4/c1-33-22-13-7-11-18(26(22)34-2)25-24-19(17-10-5-6-12-20(17)28-24)14-21-27(32)29(15-23(31)30(21)25)16-8-3-4-9-16/h5-7,10-13,16,21,25,28H,3-4,8-9,14-15H2,1-2H3. The van der Waals surface area contributed by atoms with Gasteiger partial charge in [0.15, 0.2) is 11.5 Å². The Bertz CT molecular complexity index is 1280. The number of hydrogen-bond acceptors (Lipinski definition) is 4. The van der Waals surface area contributed by atoms with Gasteiger partial charge in [-0.1, -0.05) is 43.2 Å². The van der Waals surface area contributed by atoms with Crippen molar-refractivity contribution in [3.05, 3.63) is 59.3 Å². The predicted molar refractivity (Wildman–Crippen MR) is 128 cm³/mol. The summed E-state index contributed by atoms with van der Waals surface area (Å²) in [6.07, 6.45) is 4.71. The number of aromatic nitrogens is 1. The average Bonchev–Trinajstić information content (AvgIpc) is 3.52. The molecular weight excluding hydrogens is 430 g/mol. The minimum absolute atomic E-state index is 0.0179. The number of amides is 2. The van der Waals surface area contributed by atoms with Gasteiger partial charge in [0.1, 0.15) is 18.6 Å². The highest BCUT2D eigenvalue weighted by molar-refractivity contribution is 5.98. The number of ether oxygens (including phenoxy) is 2. The highest BCUT2D eigenvalue weighted by Gasteiger charge is 2.50. The van der Waals surface area contributed by atoms with Gasteiger partial charge in [-0.15, -0.1) is 0 Å². The summed E-state index contributed by atoms with van der Waals surface area (Å²) >= 11 is 0. The van der Waals surface area contributed by atoms with Crippen LogP contribution in [-0.4, -0.2) is 59.4 Å². The molecular formula is C27H29N3O4. The van der Waals surface area contributed by atoms with Gasteiger partial charge in [-0.2, -0.15) is 0 Å². The first-order chi connectivity index (χ1) is 16.6. The van der Waals surface area contributed by atoms with Crippen molar-refractivity contribution in [2.24, 2.45) is 0 Å². The Labute approximate surface area is 198 Å². The van der Waals surface area contributed by atoms with Crippen LogP contribution in [0.15, 0.2) is 42.5 Å². The zero-order valence-corrected chi connectivity index (χ0v) is 19.5. The van der Waals surface area contributed by atoms with Crippen molar-refractivity contribution in [1.29, 1.82) is 0 Å². The van der Waals surface area contributed by atoms with Gasteiger partial charge in [0.05, 0.1) is 14.2 Å². The maximum atomic E-state index is 13.9. The predicted octanol–water partition coefficient (Wildman–Crippen LogP) is 3.81. The summed E-state index contributed by atoms with van der Waals surface area (Å²) in [5, 5.41) is 1.10. The molecule has 7 heteroatoms. The van der Waals surface area contributed by atoms with E-state index in [1.54, 1.807) is 19.1 Å². The van der Waals surface area contributed by atoms with Gasteiger partial charge in [0.25, 0.3) is 0 Å². The molecule has 2 fully saturated rings. The number of para-hydroxylation sites is 2. The molecule has 2 amide bonds. The molecule has 2 aliphatic heterocycles. The number of carbonyl (C=O) groups excluding carboxylic acids is 2. The minimum Gasteiger partial charge on any atom is -0.493 e. The van der Waals surface area contributed by atoms with Crippen molar-refractivity contribution in [2.75, 3.05) is 20.8 Å². The van der Waals surface area contributed by atoms with E-state index in [0.29, 0.717) is 17.9 Å². The Morgan fingerprint density at radius 2 is 1.76 bits per heavy atom. The lowest BCUT2D eigenvalue weighted by molar-refractivity contribution is -0.160. The van der Waals surface area contributed by atoms with Crippen LogP contribution in [0.1, 0.15) is 48.5 Å². The van der Waals surface area contributed by atoms with E-state index in [-0.39, 0.29) is 24.4 Å². The first-order valence-corrected chi connectivity index (χ1v) is 12.0. The van der Waals surface area contributed by atoms with Crippen LogP contribution in [0.25, 0.3) is 10.9 Å². The maximum Gasteiger partial charge on any atom is 0.246 e. The van der Waals surface area contributed by atoms with E-state index in [9.17, 15) is 9.59 Å². The number of piperazine rings is 1. The van der Waals surface area contributed by atoms with Crippen molar-refractivity contribution in [1.82, 2.24) is 14.8 Å². The SMILES string of the molecule is COc1cccc(C2c3[nH]c4ccccc4c3CC3C(=O)N(C4CCCC4)CC(=O)N32)c1OC. The molecule has 1 N–H and O–H groups in total. The van der Waals surface area contributed by atoms with Crippen LogP contribution in [0, 0.1) is 0 Å². The molecule has 176 valence electrons. The van der Waals surface area contributed by atoms with Crippen molar-refractivity contribution in [2.45, 2.75) is 50.2 Å². The lowest BCUT2D eigenvalue weighted by Gasteiger charge is -2.48. The second kappa shape index (κ2) is 8.08. The Morgan fingerprint density at radius 1 is 0.971 bits per heavy atom. The summed E-state index contributed by atoms with van der Waals surface area (Å²) in [6, 6.07) is 13.0. The zero-order chi connectivity index (χ0) is 23.4. The van der Waals surface area contributed by atoms with E-state index in [1.165, 1.54) is 0 Å². The highest BCUT2D eigenvalue weighted by Crippen LogP contribution is 2.47. The molecule has 3 aromatic rings. The van der Waals surface area contributed by atoms with Crippen LogP contribution in [0.5, 0.6) is 11.5 Å². The summed E-state index contributed by atoms with van der Waals surface area (Å²) in [7, 11) is 3.22. The molecule has 0 radical (unpaired) electrons. The number of carbonyl (C=O) groups is 2. The lowest BCUT2D eigenvalue weighted by atomic mass is 9.85. The van der Waals surface area contributed by atoms with E-state index in [0.717, 1.165) is 53.4 Å². The molecule has 3 aliphatic rings. The van der Waals surface area contributed by atoms with Crippen molar-refractivity contribution < 1.29 is 19.1 Å². The topological polar surface area (TPSA) is 74.9 Å². The van der Waals surface area contributed by atoms with Gasteiger partial charge in [0.2, 0.25) is 11.8 Å². The fourth-order valence-electron chi connectivity index (χ4n) is 6.26. The van der Waals surface area contributed by atoms with Gasteiger partial charge in [-0.05, 0) is 30.5 Å². The summed E-state index contributed by atoms with van der Waals surface area (Å²) < 4.78 is 11.4. The van der Waals surface area contributed by atoms with Gasteiger partial charge >= 0.3 is 0 Å². The van der Waals surface area contributed by atoms with E-state index >= 15 is 0 Å². The number of fused-ring (bicyclic) bond motifs is 4. The number of hydrogen-bond donors (Lipinski definition) is 1. The number of H-pyrrole nitrogens is 1. The van der Waals surface area contributed by atoms with Crippen LogP contribution in [0.4, 0.5) is 0 Å². The highest BCUT2D eigenvalue weighted by atomic mass is 16.5. The van der Waals surface area contributed by atoms with Crippen LogP contribution >= 0.6 is 0 Å². The second-order valence-corrected chi connectivity index (χ2v) is 9.47. The van der Waals surface area contributed by atoms with E-state index < -0.39 is 12.1 Å². The Balaban J connectivity index is 1.55. The quantitative estimate of drug-likeness (QED) is 0.644. The molecule has 1 saturated heterocycles. The third kappa shape index (κ3) is 3.02.